The monoisotopic (exact) mass is 406 g/mol. The lowest BCUT2D eigenvalue weighted by molar-refractivity contribution is -0.137. The quantitative estimate of drug-likeness (QED) is 0.787. The van der Waals surface area contributed by atoms with Crippen molar-refractivity contribution < 1.29 is 22.7 Å². The van der Waals surface area contributed by atoms with Crippen molar-refractivity contribution in [3.8, 4) is 0 Å². The fraction of sp³-hybridized carbons (Fsp3) is 0.632. The summed E-state index contributed by atoms with van der Waals surface area (Å²) in [7, 11) is 0. The number of benzene rings is 1. The Kier molecular flexibility index (Phi) is 7.54. The molecule has 2 N–H and O–H groups in total. The van der Waals surface area contributed by atoms with E-state index >= 15 is 0 Å². The van der Waals surface area contributed by atoms with Crippen molar-refractivity contribution in [3.05, 3.63) is 35.4 Å². The molecular weight excluding hydrogens is 381 g/mol. The Balaban J connectivity index is 0.00000261. The number of halogens is 4. The molecule has 8 heteroatoms. The van der Waals surface area contributed by atoms with Crippen LogP contribution in [0.5, 0.6) is 0 Å². The Hall–Kier alpha value is -1.31. The number of rotatable bonds is 5. The molecular formula is C19H26ClF3N2O2. The molecule has 1 aromatic rings. The highest BCUT2D eigenvalue weighted by Crippen LogP contribution is 2.42. The number of ether oxygens (including phenoxy) is 1. The van der Waals surface area contributed by atoms with Gasteiger partial charge in [-0.2, -0.15) is 13.2 Å². The summed E-state index contributed by atoms with van der Waals surface area (Å²) in [6, 6.07) is 5.55. The molecule has 0 aromatic heterocycles. The molecule has 1 aromatic carbocycles. The fourth-order valence-electron chi connectivity index (χ4n) is 3.96. The van der Waals surface area contributed by atoms with E-state index < -0.39 is 17.2 Å². The van der Waals surface area contributed by atoms with E-state index in [9.17, 15) is 18.0 Å². The van der Waals surface area contributed by atoms with Crippen molar-refractivity contribution in [1.82, 2.24) is 10.6 Å². The number of carbonyl (C=O) groups excluding carboxylic acids is 1. The molecule has 0 radical (unpaired) electrons. The molecule has 1 aliphatic carbocycles. The minimum atomic E-state index is -4.36. The number of alkyl halides is 3. The van der Waals surface area contributed by atoms with Crippen LogP contribution in [0, 0.1) is 0 Å². The molecule has 1 saturated heterocycles. The van der Waals surface area contributed by atoms with Gasteiger partial charge in [0.05, 0.1) is 18.8 Å². The van der Waals surface area contributed by atoms with Crippen LogP contribution in [0.4, 0.5) is 13.2 Å². The molecule has 1 saturated carbocycles. The SMILES string of the molecule is Cl.O=C(CC1COCCN1)NCC1(c2cccc(C(F)(F)F)c2)CCCC1. The van der Waals surface area contributed by atoms with Crippen LogP contribution >= 0.6 is 12.4 Å². The molecule has 1 atom stereocenters. The molecule has 0 bridgehead atoms. The van der Waals surface area contributed by atoms with Crippen molar-refractivity contribution in [2.24, 2.45) is 0 Å². The summed E-state index contributed by atoms with van der Waals surface area (Å²) >= 11 is 0. The first kappa shape index (κ1) is 22.0. The highest BCUT2D eigenvalue weighted by molar-refractivity contribution is 5.85. The van der Waals surface area contributed by atoms with Gasteiger partial charge in [-0.3, -0.25) is 4.79 Å². The Labute approximate surface area is 163 Å². The van der Waals surface area contributed by atoms with Crippen molar-refractivity contribution in [3.63, 3.8) is 0 Å². The Bertz CT molecular complexity index is 628. The average Bonchev–Trinajstić information content (AvgIpc) is 3.11. The van der Waals surface area contributed by atoms with Crippen LogP contribution in [-0.4, -0.2) is 38.3 Å². The number of hydrogen-bond donors (Lipinski definition) is 2. The molecule has 2 fully saturated rings. The van der Waals surface area contributed by atoms with Crippen molar-refractivity contribution in [2.45, 2.75) is 49.7 Å². The topological polar surface area (TPSA) is 50.4 Å². The standard InChI is InChI=1S/C19H25F3N2O2.ClH/c20-19(21,22)15-5-3-4-14(10-15)18(6-1-2-7-18)13-24-17(25)11-16-12-26-9-8-23-16;/h3-5,10,16,23H,1-2,6-9,11-13H2,(H,24,25);1H. The van der Waals surface area contributed by atoms with Crippen molar-refractivity contribution in [2.75, 3.05) is 26.3 Å². The first-order valence-corrected chi connectivity index (χ1v) is 9.15. The van der Waals surface area contributed by atoms with E-state index in [-0.39, 0.29) is 24.4 Å². The van der Waals surface area contributed by atoms with E-state index in [1.54, 1.807) is 6.07 Å². The maximum Gasteiger partial charge on any atom is 0.416 e. The van der Waals surface area contributed by atoms with Gasteiger partial charge in [-0.1, -0.05) is 31.0 Å². The molecule has 4 nitrogen and oxygen atoms in total. The van der Waals surface area contributed by atoms with Gasteiger partial charge in [-0.25, -0.2) is 0 Å². The number of carbonyl (C=O) groups is 1. The average molecular weight is 407 g/mol. The van der Waals surface area contributed by atoms with Gasteiger partial charge < -0.3 is 15.4 Å². The third-order valence-electron chi connectivity index (χ3n) is 5.42. The summed E-state index contributed by atoms with van der Waals surface area (Å²) in [5, 5.41) is 6.19. The van der Waals surface area contributed by atoms with E-state index in [1.807, 2.05) is 0 Å². The van der Waals surface area contributed by atoms with E-state index in [2.05, 4.69) is 10.6 Å². The Morgan fingerprint density at radius 3 is 2.67 bits per heavy atom. The summed E-state index contributed by atoms with van der Waals surface area (Å²) in [6.07, 6.45) is -0.530. The molecule has 0 spiro atoms. The van der Waals surface area contributed by atoms with E-state index in [4.69, 9.17) is 4.74 Å². The molecule has 1 unspecified atom stereocenters. The van der Waals surface area contributed by atoms with Crippen molar-refractivity contribution in [1.29, 1.82) is 0 Å². The molecule has 1 aliphatic heterocycles. The minimum absolute atomic E-state index is 0. The second kappa shape index (κ2) is 9.26. The largest absolute Gasteiger partial charge is 0.416 e. The number of hydrogen-bond acceptors (Lipinski definition) is 3. The van der Waals surface area contributed by atoms with Crippen molar-refractivity contribution >= 4 is 18.3 Å². The maximum atomic E-state index is 13.1. The highest BCUT2D eigenvalue weighted by atomic mass is 35.5. The van der Waals surface area contributed by atoms with Crippen LogP contribution < -0.4 is 10.6 Å². The van der Waals surface area contributed by atoms with E-state index in [0.29, 0.717) is 31.7 Å². The molecule has 1 heterocycles. The molecule has 2 aliphatic rings. The second-order valence-electron chi connectivity index (χ2n) is 7.27. The van der Waals surface area contributed by atoms with Crippen LogP contribution in [0.2, 0.25) is 0 Å². The number of morpholine rings is 1. The molecule has 152 valence electrons. The van der Waals surface area contributed by atoms with Gasteiger partial charge in [0.25, 0.3) is 0 Å². The van der Waals surface area contributed by atoms with Gasteiger partial charge in [0, 0.05) is 31.0 Å². The zero-order chi connectivity index (χ0) is 18.6. The van der Waals surface area contributed by atoms with Crippen LogP contribution in [0.25, 0.3) is 0 Å². The first-order valence-electron chi connectivity index (χ1n) is 9.15. The van der Waals surface area contributed by atoms with Crippen LogP contribution in [-0.2, 0) is 21.1 Å². The normalized spacial score (nSPS) is 22.1. The third-order valence-corrected chi connectivity index (χ3v) is 5.42. The minimum Gasteiger partial charge on any atom is -0.378 e. The summed E-state index contributed by atoms with van der Waals surface area (Å²) in [6.45, 7) is 2.26. The zero-order valence-corrected chi connectivity index (χ0v) is 15.9. The predicted molar refractivity (Wildman–Crippen MR) is 99.1 cm³/mol. The fourth-order valence-corrected chi connectivity index (χ4v) is 3.96. The second-order valence-corrected chi connectivity index (χ2v) is 7.27. The summed E-state index contributed by atoms with van der Waals surface area (Å²) in [5.41, 5.74) is -0.367. The van der Waals surface area contributed by atoms with E-state index in [0.717, 1.165) is 38.3 Å². The van der Waals surface area contributed by atoms with Gasteiger partial charge >= 0.3 is 6.18 Å². The van der Waals surface area contributed by atoms with Crippen LogP contribution in [0.1, 0.15) is 43.2 Å². The van der Waals surface area contributed by atoms with E-state index in [1.165, 1.54) is 12.1 Å². The maximum absolute atomic E-state index is 13.1. The first-order chi connectivity index (χ1) is 12.4. The lowest BCUT2D eigenvalue weighted by Gasteiger charge is -2.31. The number of amides is 1. The van der Waals surface area contributed by atoms with Crippen LogP contribution in [0.15, 0.2) is 24.3 Å². The van der Waals surface area contributed by atoms with Gasteiger partial charge in [0.2, 0.25) is 5.91 Å². The lowest BCUT2D eigenvalue weighted by atomic mass is 9.78. The lowest BCUT2D eigenvalue weighted by Crippen LogP contribution is -2.46. The predicted octanol–water partition coefficient (Wildman–Crippen LogP) is 3.43. The van der Waals surface area contributed by atoms with Gasteiger partial charge in [0.1, 0.15) is 0 Å². The Morgan fingerprint density at radius 1 is 1.30 bits per heavy atom. The molecule has 27 heavy (non-hydrogen) atoms. The number of nitrogens with one attached hydrogen (secondary N) is 2. The van der Waals surface area contributed by atoms with Crippen LogP contribution in [0.3, 0.4) is 0 Å². The summed E-state index contributed by atoms with van der Waals surface area (Å²) < 4.78 is 44.5. The molecule has 1 amide bonds. The zero-order valence-electron chi connectivity index (χ0n) is 15.1. The van der Waals surface area contributed by atoms with Gasteiger partial charge in [0.15, 0.2) is 0 Å². The van der Waals surface area contributed by atoms with Gasteiger partial charge in [-0.15, -0.1) is 12.4 Å². The summed E-state index contributed by atoms with van der Waals surface area (Å²) in [5.74, 6) is -0.0914. The third kappa shape index (κ3) is 5.59. The molecule has 3 rings (SSSR count). The van der Waals surface area contributed by atoms with Gasteiger partial charge in [-0.05, 0) is 24.5 Å². The summed E-state index contributed by atoms with van der Waals surface area (Å²) in [4.78, 5) is 12.3. The Morgan fingerprint density at radius 2 is 2.04 bits per heavy atom. The smallest absolute Gasteiger partial charge is 0.378 e. The highest BCUT2D eigenvalue weighted by Gasteiger charge is 2.38.